The number of primary amides is 1. The summed E-state index contributed by atoms with van der Waals surface area (Å²) in [7, 11) is 0. The number of rotatable bonds is 6. The van der Waals surface area contributed by atoms with Crippen LogP contribution < -0.4 is 16.4 Å². The standard InChI is InChI=1S/C15H17N3O3/c16-15(20)18-14(19)13(11-5-2-1-3-6-11)17-9-8-12-7-4-10-21-12/h1-7,10,13,17H,8-9H2,(H3,16,18,19,20)/p+1/t13-/m0/s1. The minimum absolute atomic E-state index is 0.423. The number of urea groups is 1. The molecule has 2 aromatic rings. The molecule has 21 heavy (non-hydrogen) atoms. The maximum atomic E-state index is 12.1. The van der Waals surface area contributed by atoms with E-state index in [1.807, 2.05) is 47.8 Å². The van der Waals surface area contributed by atoms with E-state index in [-0.39, 0.29) is 0 Å². The highest BCUT2D eigenvalue weighted by Gasteiger charge is 2.24. The maximum absolute atomic E-state index is 12.1. The largest absolute Gasteiger partial charge is 0.469 e. The van der Waals surface area contributed by atoms with Gasteiger partial charge in [-0.25, -0.2) is 4.79 Å². The van der Waals surface area contributed by atoms with Gasteiger partial charge in [-0.2, -0.15) is 0 Å². The molecule has 0 aliphatic heterocycles. The zero-order valence-corrected chi connectivity index (χ0v) is 11.5. The molecule has 6 nitrogen and oxygen atoms in total. The van der Waals surface area contributed by atoms with E-state index in [2.05, 4.69) is 5.32 Å². The lowest BCUT2D eigenvalue weighted by atomic mass is 10.1. The van der Waals surface area contributed by atoms with Gasteiger partial charge in [0.25, 0.3) is 5.91 Å². The molecule has 1 atom stereocenters. The Balaban J connectivity index is 2.01. The number of quaternary nitrogens is 1. The van der Waals surface area contributed by atoms with Crippen LogP contribution in [0.25, 0.3) is 0 Å². The van der Waals surface area contributed by atoms with Crippen LogP contribution in [-0.4, -0.2) is 18.5 Å². The third kappa shape index (κ3) is 4.47. The van der Waals surface area contributed by atoms with Crippen molar-refractivity contribution in [1.82, 2.24) is 5.32 Å². The molecule has 0 aliphatic rings. The Hall–Kier alpha value is -2.60. The van der Waals surface area contributed by atoms with E-state index in [1.54, 1.807) is 6.26 Å². The molecule has 0 radical (unpaired) electrons. The van der Waals surface area contributed by atoms with Gasteiger partial charge in [0.15, 0.2) is 6.04 Å². The SMILES string of the molecule is NC(=O)NC(=O)[C@@H]([NH2+]CCc1ccco1)c1ccccc1. The Morgan fingerprint density at radius 2 is 1.95 bits per heavy atom. The predicted octanol–water partition coefficient (Wildman–Crippen LogP) is 0.322. The van der Waals surface area contributed by atoms with E-state index < -0.39 is 18.0 Å². The Morgan fingerprint density at radius 3 is 2.57 bits per heavy atom. The minimum Gasteiger partial charge on any atom is -0.469 e. The van der Waals surface area contributed by atoms with Crippen molar-refractivity contribution in [3.8, 4) is 0 Å². The lowest BCUT2D eigenvalue weighted by Crippen LogP contribution is -2.88. The summed E-state index contributed by atoms with van der Waals surface area (Å²) in [5.74, 6) is 0.432. The quantitative estimate of drug-likeness (QED) is 0.713. The number of carbonyl (C=O) groups excluding carboxylic acids is 2. The fourth-order valence-corrected chi connectivity index (χ4v) is 2.10. The molecule has 2 rings (SSSR count). The Labute approximate surface area is 122 Å². The van der Waals surface area contributed by atoms with Crippen molar-refractivity contribution in [2.45, 2.75) is 12.5 Å². The molecule has 110 valence electrons. The first-order chi connectivity index (χ1) is 10.2. The fraction of sp³-hybridized carbons (Fsp3) is 0.200. The average Bonchev–Trinajstić information content (AvgIpc) is 2.97. The Bertz CT molecular complexity index is 581. The smallest absolute Gasteiger partial charge is 0.319 e. The monoisotopic (exact) mass is 288 g/mol. The zero-order chi connectivity index (χ0) is 15.1. The summed E-state index contributed by atoms with van der Waals surface area (Å²) in [5.41, 5.74) is 5.83. The van der Waals surface area contributed by atoms with E-state index in [9.17, 15) is 9.59 Å². The molecule has 6 heteroatoms. The first-order valence-corrected chi connectivity index (χ1v) is 6.68. The van der Waals surface area contributed by atoms with Gasteiger partial charge >= 0.3 is 6.03 Å². The van der Waals surface area contributed by atoms with Gasteiger partial charge in [-0.05, 0) is 12.1 Å². The number of furan rings is 1. The molecule has 0 bridgehead atoms. The summed E-state index contributed by atoms with van der Waals surface area (Å²) in [6.45, 7) is 0.652. The predicted molar refractivity (Wildman–Crippen MR) is 76.1 cm³/mol. The average molecular weight is 288 g/mol. The molecule has 1 aromatic heterocycles. The first kappa shape index (κ1) is 14.8. The molecule has 1 aromatic carbocycles. The number of nitrogens with two attached hydrogens (primary N) is 2. The maximum Gasteiger partial charge on any atom is 0.319 e. The number of benzene rings is 1. The van der Waals surface area contributed by atoms with Crippen LogP contribution in [0.15, 0.2) is 53.1 Å². The molecule has 0 saturated heterocycles. The Kier molecular flexibility index (Phi) is 5.11. The highest BCUT2D eigenvalue weighted by atomic mass is 16.3. The van der Waals surface area contributed by atoms with Gasteiger partial charge < -0.3 is 15.5 Å². The van der Waals surface area contributed by atoms with Gasteiger partial charge in [0.1, 0.15) is 5.76 Å². The number of nitrogens with one attached hydrogen (secondary N) is 1. The molecule has 3 amide bonds. The van der Waals surface area contributed by atoms with Crippen LogP contribution >= 0.6 is 0 Å². The molecular weight excluding hydrogens is 270 g/mol. The van der Waals surface area contributed by atoms with E-state index in [0.29, 0.717) is 13.0 Å². The fourth-order valence-electron chi connectivity index (χ4n) is 2.10. The zero-order valence-electron chi connectivity index (χ0n) is 11.5. The topological polar surface area (TPSA) is 102 Å². The second-order valence-corrected chi connectivity index (χ2v) is 4.60. The summed E-state index contributed by atoms with van der Waals surface area (Å²) in [4.78, 5) is 22.9. The lowest BCUT2D eigenvalue weighted by molar-refractivity contribution is -0.682. The van der Waals surface area contributed by atoms with Gasteiger partial charge in [-0.3, -0.25) is 10.1 Å². The molecule has 0 fully saturated rings. The third-order valence-corrected chi connectivity index (χ3v) is 3.06. The van der Waals surface area contributed by atoms with Gasteiger partial charge in [-0.15, -0.1) is 0 Å². The first-order valence-electron chi connectivity index (χ1n) is 6.68. The van der Waals surface area contributed by atoms with Gasteiger partial charge in [0.2, 0.25) is 0 Å². The highest BCUT2D eigenvalue weighted by molar-refractivity contribution is 5.96. The van der Waals surface area contributed by atoms with Gasteiger partial charge in [0, 0.05) is 5.56 Å². The minimum atomic E-state index is -0.847. The lowest BCUT2D eigenvalue weighted by Gasteiger charge is -2.14. The van der Waals surface area contributed by atoms with E-state index >= 15 is 0 Å². The number of hydrogen-bond donors (Lipinski definition) is 3. The van der Waals surface area contributed by atoms with Crippen LogP contribution in [0, 0.1) is 0 Å². The van der Waals surface area contributed by atoms with Crippen molar-refractivity contribution < 1.29 is 19.3 Å². The molecule has 0 aliphatic carbocycles. The number of imide groups is 1. The van der Waals surface area contributed by atoms with Crippen LogP contribution in [-0.2, 0) is 11.2 Å². The Morgan fingerprint density at radius 1 is 1.19 bits per heavy atom. The summed E-state index contributed by atoms with van der Waals surface area (Å²) in [5, 5.41) is 3.99. The van der Waals surface area contributed by atoms with Crippen molar-refractivity contribution >= 4 is 11.9 Å². The van der Waals surface area contributed by atoms with Crippen molar-refractivity contribution in [3.63, 3.8) is 0 Å². The molecule has 5 N–H and O–H groups in total. The second-order valence-electron chi connectivity index (χ2n) is 4.60. The van der Waals surface area contributed by atoms with Crippen molar-refractivity contribution in [2.24, 2.45) is 5.73 Å². The van der Waals surface area contributed by atoms with E-state index in [0.717, 1.165) is 11.3 Å². The summed E-state index contributed by atoms with van der Waals surface area (Å²) < 4.78 is 5.25. The van der Waals surface area contributed by atoms with Gasteiger partial charge in [-0.1, -0.05) is 30.3 Å². The number of carbonyl (C=O) groups is 2. The van der Waals surface area contributed by atoms with Crippen LogP contribution in [0.5, 0.6) is 0 Å². The number of amides is 3. The highest BCUT2D eigenvalue weighted by Crippen LogP contribution is 2.08. The second kappa shape index (κ2) is 7.25. The van der Waals surface area contributed by atoms with Crippen molar-refractivity contribution in [2.75, 3.05) is 6.54 Å². The van der Waals surface area contributed by atoms with Gasteiger partial charge in [0.05, 0.1) is 19.2 Å². The molecular formula is C15H18N3O3+. The molecule has 0 spiro atoms. The summed E-state index contributed by atoms with van der Waals surface area (Å²) in [6, 6.07) is 11.6. The molecule has 0 unspecified atom stereocenters. The summed E-state index contributed by atoms with van der Waals surface area (Å²) >= 11 is 0. The van der Waals surface area contributed by atoms with E-state index in [1.165, 1.54) is 0 Å². The van der Waals surface area contributed by atoms with Crippen LogP contribution in [0.2, 0.25) is 0 Å². The third-order valence-electron chi connectivity index (χ3n) is 3.06. The molecule has 1 heterocycles. The van der Waals surface area contributed by atoms with Crippen LogP contribution in [0.3, 0.4) is 0 Å². The molecule has 0 saturated carbocycles. The summed E-state index contributed by atoms with van der Waals surface area (Å²) in [6.07, 6.45) is 2.31. The van der Waals surface area contributed by atoms with Crippen molar-refractivity contribution in [1.29, 1.82) is 0 Å². The van der Waals surface area contributed by atoms with Crippen LogP contribution in [0.1, 0.15) is 17.4 Å². The van der Waals surface area contributed by atoms with Crippen LogP contribution in [0.4, 0.5) is 4.79 Å². The van der Waals surface area contributed by atoms with Crippen molar-refractivity contribution in [3.05, 3.63) is 60.1 Å². The van der Waals surface area contributed by atoms with E-state index in [4.69, 9.17) is 10.2 Å². The number of hydrogen-bond acceptors (Lipinski definition) is 3. The normalized spacial score (nSPS) is 11.8.